The van der Waals surface area contributed by atoms with Crippen LogP contribution in [0.25, 0.3) is 0 Å². The number of oxime groups is 1. The van der Waals surface area contributed by atoms with Gasteiger partial charge in [-0.3, -0.25) is 0 Å². The molecule has 0 saturated carbocycles. The molecule has 1 aromatic carbocycles. The Hall–Kier alpha value is -1.61. The smallest absolute Gasteiger partial charge is 0.0982 e. The molecule has 1 aromatic heterocycles. The summed E-state index contributed by atoms with van der Waals surface area (Å²) in [6.45, 7) is 4.37. The van der Waals surface area contributed by atoms with Gasteiger partial charge in [0, 0.05) is 11.8 Å². The van der Waals surface area contributed by atoms with Crippen LogP contribution in [0.15, 0.2) is 40.9 Å². The fourth-order valence-electron chi connectivity index (χ4n) is 2.99. The first kappa shape index (κ1) is 11.5. The third kappa shape index (κ3) is 1.44. The minimum atomic E-state index is -0.0672. The topological polar surface area (TPSA) is 32.6 Å². The zero-order chi connectivity index (χ0) is 12.8. The molecule has 18 heavy (non-hydrogen) atoms. The van der Waals surface area contributed by atoms with Crippen molar-refractivity contribution in [2.45, 2.75) is 25.7 Å². The number of fused-ring (bicyclic) bond motifs is 1. The van der Waals surface area contributed by atoms with Crippen molar-refractivity contribution < 1.29 is 5.21 Å². The third-order valence-corrected chi connectivity index (χ3v) is 4.87. The maximum Gasteiger partial charge on any atom is 0.0982 e. The molecule has 1 aliphatic carbocycles. The Bertz CT molecular complexity index is 629. The van der Waals surface area contributed by atoms with Gasteiger partial charge in [-0.15, -0.1) is 11.3 Å². The summed E-state index contributed by atoms with van der Waals surface area (Å²) in [6, 6.07) is 10.6. The van der Waals surface area contributed by atoms with Gasteiger partial charge in [0.2, 0.25) is 0 Å². The molecule has 0 radical (unpaired) electrons. The van der Waals surface area contributed by atoms with Gasteiger partial charge in [-0.2, -0.15) is 0 Å². The molecular formula is C15H15NOS. The van der Waals surface area contributed by atoms with E-state index in [2.05, 4.69) is 54.7 Å². The first-order chi connectivity index (χ1) is 8.66. The molecule has 0 fully saturated rings. The molecule has 2 aromatic rings. The first-order valence-electron chi connectivity index (χ1n) is 6.02. The quantitative estimate of drug-likeness (QED) is 0.609. The molecule has 0 saturated heterocycles. The van der Waals surface area contributed by atoms with E-state index >= 15 is 0 Å². The van der Waals surface area contributed by atoms with Crippen LogP contribution < -0.4 is 0 Å². The zero-order valence-electron chi connectivity index (χ0n) is 10.5. The zero-order valence-corrected chi connectivity index (χ0v) is 11.3. The van der Waals surface area contributed by atoms with E-state index in [0.717, 1.165) is 17.0 Å². The molecule has 2 nitrogen and oxygen atoms in total. The highest BCUT2D eigenvalue weighted by Gasteiger charge is 2.41. The number of nitrogens with zero attached hydrogens (tertiary/aromatic N) is 1. The van der Waals surface area contributed by atoms with Crippen molar-refractivity contribution in [3.05, 3.63) is 57.3 Å². The molecule has 1 aliphatic rings. The van der Waals surface area contributed by atoms with E-state index in [1.165, 1.54) is 16.7 Å². The van der Waals surface area contributed by atoms with Gasteiger partial charge in [-0.25, -0.2) is 0 Å². The first-order valence-corrected chi connectivity index (χ1v) is 6.90. The van der Waals surface area contributed by atoms with Crippen molar-refractivity contribution in [2.75, 3.05) is 0 Å². The van der Waals surface area contributed by atoms with Gasteiger partial charge < -0.3 is 5.21 Å². The van der Waals surface area contributed by atoms with Crippen LogP contribution >= 0.6 is 11.3 Å². The molecule has 1 N–H and O–H groups in total. The second-order valence-corrected chi connectivity index (χ2v) is 5.95. The van der Waals surface area contributed by atoms with Crippen LogP contribution in [-0.4, -0.2) is 10.9 Å². The van der Waals surface area contributed by atoms with Crippen LogP contribution in [-0.2, 0) is 5.41 Å². The predicted octanol–water partition coefficient (Wildman–Crippen LogP) is 3.94. The second kappa shape index (κ2) is 3.95. The largest absolute Gasteiger partial charge is 0.411 e. The van der Waals surface area contributed by atoms with E-state index in [-0.39, 0.29) is 5.41 Å². The molecule has 1 heterocycles. The van der Waals surface area contributed by atoms with E-state index in [9.17, 15) is 5.21 Å². The highest BCUT2D eigenvalue weighted by atomic mass is 32.1. The van der Waals surface area contributed by atoms with Crippen molar-refractivity contribution in [3.8, 4) is 0 Å². The Labute approximate surface area is 111 Å². The Morgan fingerprint density at radius 1 is 1.22 bits per heavy atom. The van der Waals surface area contributed by atoms with Crippen LogP contribution in [0, 0.1) is 6.92 Å². The van der Waals surface area contributed by atoms with E-state index in [4.69, 9.17) is 0 Å². The Kier molecular flexibility index (Phi) is 2.52. The highest BCUT2D eigenvalue weighted by molar-refractivity contribution is 7.12. The lowest BCUT2D eigenvalue weighted by Crippen LogP contribution is -2.21. The summed E-state index contributed by atoms with van der Waals surface area (Å²) in [5.41, 5.74) is 4.64. The average molecular weight is 257 g/mol. The fourth-order valence-corrected chi connectivity index (χ4v) is 4.00. The standard InChI is InChI=1S/C15H15NOS/c1-10-5-3-4-6-11(10)15(2)9-13(16-17)14-12(15)7-8-18-14/h3-8,17H,9H2,1-2H3. The number of benzene rings is 1. The number of hydrogen-bond acceptors (Lipinski definition) is 3. The summed E-state index contributed by atoms with van der Waals surface area (Å²) >= 11 is 1.66. The Morgan fingerprint density at radius 2 is 2.00 bits per heavy atom. The molecular weight excluding hydrogens is 242 g/mol. The molecule has 0 bridgehead atoms. The van der Waals surface area contributed by atoms with Crippen molar-refractivity contribution in [1.29, 1.82) is 0 Å². The monoisotopic (exact) mass is 257 g/mol. The number of thiophene rings is 1. The molecule has 3 heteroatoms. The fraction of sp³-hybridized carbons (Fsp3) is 0.267. The van der Waals surface area contributed by atoms with Crippen molar-refractivity contribution in [3.63, 3.8) is 0 Å². The molecule has 92 valence electrons. The van der Waals surface area contributed by atoms with Gasteiger partial charge in [-0.1, -0.05) is 36.3 Å². The van der Waals surface area contributed by atoms with Crippen LogP contribution in [0.2, 0.25) is 0 Å². The highest BCUT2D eigenvalue weighted by Crippen LogP contribution is 2.46. The second-order valence-electron chi connectivity index (χ2n) is 5.03. The van der Waals surface area contributed by atoms with E-state index in [0.29, 0.717) is 0 Å². The molecule has 1 unspecified atom stereocenters. The van der Waals surface area contributed by atoms with E-state index in [1.54, 1.807) is 11.3 Å². The van der Waals surface area contributed by atoms with Gasteiger partial charge in [0.05, 0.1) is 10.6 Å². The maximum atomic E-state index is 9.17. The summed E-state index contributed by atoms with van der Waals surface area (Å²) in [7, 11) is 0. The van der Waals surface area contributed by atoms with E-state index in [1.807, 2.05) is 0 Å². The average Bonchev–Trinajstić information content (AvgIpc) is 2.94. The van der Waals surface area contributed by atoms with Gasteiger partial charge in [-0.05, 0) is 35.1 Å². The van der Waals surface area contributed by atoms with Crippen LogP contribution in [0.5, 0.6) is 0 Å². The lowest BCUT2D eigenvalue weighted by atomic mass is 9.76. The van der Waals surface area contributed by atoms with Crippen LogP contribution in [0.3, 0.4) is 0 Å². The van der Waals surface area contributed by atoms with Crippen molar-refractivity contribution in [2.24, 2.45) is 5.16 Å². The predicted molar refractivity (Wildman–Crippen MR) is 74.9 cm³/mol. The SMILES string of the molecule is Cc1ccccc1C1(C)CC(=NO)c2sccc21. The minimum absolute atomic E-state index is 0.0672. The van der Waals surface area contributed by atoms with Gasteiger partial charge in [0.15, 0.2) is 0 Å². The summed E-state index contributed by atoms with van der Waals surface area (Å²) in [5, 5.41) is 14.7. The number of aryl methyl sites for hydroxylation is 1. The van der Waals surface area contributed by atoms with Crippen molar-refractivity contribution >= 4 is 17.0 Å². The summed E-state index contributed by atoms with van der Waals surface area (Å²) in [5.74, 6) is 0. The lowest BCUT2D eigenvalue weighted by molar-refractivity contribution is 0.317. The normalized spacial score (nSPS) is 24.4. The van der Waals surface area contributed by atoms with Gasteiger partial charge >= 0.3 is 0 Å². The number of rotatable bonds is 1. The Balaban J connectivity index is 2.22. The molecule has 3 rings (SSSR count). The summed E-state index contributed by atoms with van der Waals surface area (Å²) in [6.07, 6.45) is 0.774. The van der Waals surface area contributed by atoms with Crippen LogP contribution in [0.4, 0.5) is 0 Å². The molecule has 0 spiro atoms. The minimum Gasteiger partial charge on any atom is -0.411 e. The summed E-state index contributed by atoms with van der Waals surface area (Å²) < 4.78 is 0. The Morgan fingerprint density at radius 3 is 2.72 bits per heavy atom. The molecule has 0 aliphatic heterocycles. The van der Waals surface area contributed by atoms with Crippen LogP contribution in [0.1, 0.15) is 34.9 Å². The van der Waals surface area contributed by atoms with E-state index < -0.39 is 0 Å². The van der Waals surface area contributed by atoms with Gasteiger partial charge in [0.1, 0.15) is 0 Å². The summed E-state index contributed by atoms with van der Waals surface area (Å²) in [4.78, 5) is 1.13. The van der Waals surface area contributed by atoms with Gasteiger partial charge in [0.25, 0.3) is 0 Å². The molecule has 0 amide bonds. The third-order valence-electron chi connectivity index (χ3n) is 3.90. The lowest BCUT2D eigenvalue weighted by Gasteiger charge is -2.26. The van der Waals surface area contributed by atoms with Crippen molar-refractivity contribution in [1.82, 2.24) is 0 Å². The number of hydrogen-bond donors (Lipinski definition) is 1. The molecule has 1 atom stereocenters. The maximum absolute atomic E-state index is 9.17.